The van der Waals surface area contributed by atoms with Gasteiger partial charge in [-0.1, -0.05) is 18.2 Å². The molecule has 0 atom stereocenters. The van der Waals surface area contributed by atoms with Gasteiger partial charge in [-0.05, 0) is 30.5 Å². The van der Waals surface area contributed by atoms with Crippen LogP contribution in [0, 0.1) is 6.92 Å². The number of nitrogens with zero attached hydrogens (tertiary/aromatic N) is 1. The van der Waals surface area contributed by atoms with Crippen molar-refractivity contribution < 1.29 is 4.74 Å². The zero-order chi connectivity index (χ0) is 13.9. The Balaban J connectivity index is 1.92. The van der Waals surface area contributed by atoms with Gasteiger partial charge in [0, 0.05) is 27.9 Å². The molecule has 3 nitrogen and oxygen atoms in total. The Labute approximate surface area is 122 Å². The quantitative estimate of drug-likeness (QED) is 0.795. The Bertz CT molecular complexity index is 736. The van der Waals surface area contributed by atoms with Gasteiger partial charge in [0.25, 0.3) is 0 Å². The SMILES string of the molecule is Cc1ncccc1OCc1c(CN)sc2ccccc12. The molecule has 0 saturated heterocycles. The highest BCUT2D eigenvalue weighted by atomic mass is 32.1. The van der Waals surface area contributed by atoms with Gasteiger partial charge in [0.05, 0.1) is 5.69 Å². The second kappa shape index (κ2) is 5.61. The topological polar surface area (TPSA) is 48.1 Å². The van der Waals surface area contributed by atoms with E-state index in [1.165, 1.54) is 20.5 Å². The van der Waals surface area contributed by atoms with Gasteiger partial charge in [0.1, 0.15) is 12.4 Å². The van der Waals surface area contributed by atoms with Crippen molar-refractivity contribution in [2.75, 3.05) is 0 Å². The molecule has 0 aliphatic carbocycles. The number of aromatic nitrogens is 1. The number of hydrogen-bond donors (Lipinski definition) is 1. The number of thiophene rings is 1. The first-order valence-electron chi connectivity index (χ1n) is 6.53. The number of ether oxygens (including phenoxy) is 1. The molecule has 102 valence electrons. The molecule has 0 aliphatic heterocycles. The van der Waals surface area contributed by atoms with Gasteiger partial charge < -0.3 is 10.5 Å². The lowest BCUT2D eigenvalue weighted by atomic mass is 10.1. The van der Waals surface area contributed by atoms with E-state index in [-0.39, 0.29) is 0 Å². The second-order valence-corrected chi connectivity index (χ2v) is 5.72. The molecule has 0 fully saturated rings. The molecule has 20 heavy (non-hydrogen) atoms. The molecule has 0 spiro atoms. The van der Waals surface area contributed by atoms with Crippen molar-refractivity contribution in [3.05, 3.63) is 58.7 Å². The summed E-state index contributed by atoms with van der Waals surface area (Å²) in [7, 11) is 0. The standard InChI is InChI=1S/C16H16N2OS/c1-11-14(6-4-8-18-11)19-10-13-12-5-2-3-7-15(12)20-16(13)9-17/h2-8H,9-10,17H2,1H3. The minimum atomic E-state index is 0.531. The van der Waals surface area contributed by atoms with Gasteiger partial charge in [0.2, 0.25) is 0 Å². The van der Waals surface area contributed by atoms with Gasteiger partial charge in [-0.25, -0.2) is 0 Å². The number of nitrogens with two attached hydrogens (primary N) is 1. The highest BCUT2D eigenvalue weighted by Gasteiger charge is 2.11. The average molecular weight is 284 g/mol. The van der Waals surface area contributed by atoms with E-state index in [9.17, 15) is 0 Å². The highest BCUT2D eigenvalue weighted by molar-refractivity contribution is 7.19. The molecule has 4 heteroatoms. The van der Waals surface area contributed by atoms with E-state index < -0.39 is 0 Å². The first-order chi connectivity index (χ1) is 9.79. The van der Waals surface area contributed by atoms with Crippen LogP contribution in [0.5, 0.6) is 5.75 Å². The van der Waals surface area contributed by atoms with Crippen LogP contribution >= 0.6 is 11.3 Å². The second-order valence-electron chi connectivity index (χ2n) is 4.58. The van der Waals surface area contributed by atoms with E-state index >= 15 is 0 Å². The van der Waals surface area contributed by atoms with Gasteiger partial charge in [-0.2, -0.15) is 0 Å². The first-order valence-corrected chi connectivity index (χ1v) is 7.35. The van der Waals surface area contributed by atoms with Crippen molar-refractivity contribution in [2.45, 2.75) is 20.1 Å². The molecule has 3 rings (SSSR count). The molecule has 1 aromatic carbocycles. The number of pyridine rings is 1. The molecular formula is C16H16N2OS. The summed E-state index contributed by atoms with van der Waals surface area (Å²) >= 11 is 1.74. The highest BCUT2D eigenvalue weighted by Crippen LogP contribution is 2.32. The average Bonchev–Trinajstić information content (AvgIpc) is 2.84. The maximum atomic E-state index is 5.92. The zero-order valence-corrected chi connectivity index (χ0v) is 12.1. The fraction of sp³-hybridized carbons (Fsp3) is 0.188. The fourth-order valence-corrected chi connectivity index (χ4v) is 3.33. The lowest BCUT2D eigenvalue weighted by Crippen LogP contribution is -2.02. The summed E-state index contributed by atoms with van der Waals surface area (Å²) in [6, 6.07) is 12.2. The zero-order valence-electron chi connectivity index (χ0n) is 11.3. The summed E-state index contributed by atoms with van der Waals surface area (Å²) in [6.45, 7) is 3.03. The third-order valence-corrected chi connectivity index (χ3v) is 4.53. The van der Waals surface area contributed by atoms with Gasteiger partial charge in [0.15, 0.2) is 0 Å². The minimum Gasteiger partial charge on any atom is -0.487 e. The van der Waals surface area contributed by atoms with Gasteiger partial charge >= 0.3 is 0 Å². The Morgan fingerprint density at radius 2 is 2.05 bits per heavy atom. The summed E-state index contributed by atoms with van der Waals surface area (Å²) in [4.78, 5) is 5.42. The summed E-state index contributed by atoms with van der Waals surface area (Å²) in [5, 5.41) is 1.24. The van der Waals surface area contributed by atoms with Gasteiger partial charge in [-0.15, -0.1) is 11.3 Å². The van der Waals surface area contributed by atoms with Crippen LogP contribution in [0.15, 0.2) is 42.6 Å². The molecule has 0 radical (unpaired) electrons. The Morgan fingerprint density at radius 1 is 1.20 bits per heavy atom. The number of hydrogen-bond acceptors (Lipinski definition) is 4. The largest absolute Gasteiger partial charge is 0.487 e. The molecule has 0 amide bonds. The van der Waals surface area contributed by atoms with Crippen molar-refractivity contribution in [1.29, 1.82) is 0 Å². The minimum absolute atomic E-state index is 0.531. The number of benzene rings is 1. The van der Waals surface area contributed by atoms with Crippen LogP contribution in [0.1, 0.15) is 16.1 Å². The maximum Gasteiger partial charge on any atom is 0.141 e. The van der Waals surface area contributed by atoms with Crippen molar-refractivity contribution in [3.63, 3.8) is 0 Å². The Morgan fingerprint density at radius 3 is 2.85 bits per heavy atom. The smallest absolute Gasteiger partial charge is 0.141 e. The van der Waals surface area contributed by atoms with Crippen LogP contribution in [0.4, 0.5) is 0 Å². The molecule has 2 aromatic heterocycles. The van der Waals surface area contributed by atoms with E-state index in [0.29, 0.717) is 13.2 Å². The predicted molar refractivity (Wildman–Crippen MR) is 83.0 cm³/mol. The summed E-state index contributed by atoms with van der Waals surface area (Å²) < 4.78 is 7.18. The summed E-state index contributed by atoms with van der Waals surface area (Å²) in [5.41, 5.74) is 7.95. The van der Waals surface area contributed by atoms with Crippen LogP contribution in [0.25, 0.3) is 10.1 Å². The number of fused-ring (bicyclic) bond motifs is 1. The molecule has 2 N–H and O–H groups in total. The normalized spacial score (nSPS) is 10.9. The first kappa shape index (κ1) is 13.1. The van der Waals surface area contributed by atoms with E-state index in [0.717, 1.165) is 11.4 Å². The summed E-state index contributed by atoms with van der Waals surface area (Å²) in [6.07, 6.45) is 1.77. The molecule has 2 heterocycles. The van der Waals surface area contributed by atoms with E-state index in [2.05, 4.69) is 23.2 Å². The van der Waals surface area contributed by atoms with Crippen LogP contribution in [0.3, 0.4) is 0 Å². The van der Waals surface area contributed by atoms with E-state index in [1.54, 1.807) is 17.5 Å². The van der Waals surface area contributed by atoms with Crippen molar-refractivity contribution in [2.24, 2.45) is 5.73 Å². The molecule has 0 bridgehead atoms. The molecule has 0 unspecified atom stereocenters. The van der Waals surface area contributed by atoms with Crippen molar-refractivity contribution in [3.8, 4) is 5.75 Å². The van der Waals surface area contributed by atoms with Crippen molar-refractivity contribution in [1.82, 2.24) is 4.98 Å². The molecular weight excluding hydrogens is 268 g/mol. The van der Waals surface area contributed by atoms with E-state index in [1.807, 2.05) is 25.1 Å². The lowest BCUT2D eigenvalue weighted by Gasteiger charge is -2.09. The Kier molecular flexibility index (Phi) is 3.67. The third-order valence-electron chi connectivity index (χ3n) is 3.30. The van der Waals surface area contributed by atoms with Crippen molar-refractivity contribution >= 4 is 21.4 Å². The molecule has 0 saturated carbocycles. The maximum absolute atomic E-state index is 5.92. The Hall–Kier alpha value is -1.91. The third kappa shape index (κ3) is 2.40. The monoisotopic (exact) mass is 284 g/mol. The number of aryl methyl sites for hydroxylation is 1. The van der Waals surface area contributed by atoms with Crippen LogP contribution in [-0.4, -0.2) is 4.98 Å². The predicted octanol–water partition coefficient (Wildman–Crippen LogP) is 3.64. The van der Waals surface area contributed by atoms with Crippen LogP contribution in [0.2, 0.25) is 0 Å². The van der Waals surface area contributed by atoms with Gasteiger partial charge in [-0.3, -0.25) is 4.98 Å². The van der Waals surface area contributed by atoms with Crippen LogP contribution in [-0.2, 0) is 13.2 Å². The van der Waals surface area contributed by atoms with Crippen LogP contribution < -0.4 is 10.5 Å². The molecule has 0 aliphatic rings. The lowest BCUT2D eigenvalue weighted by molar-refractivity contribution is 0.303. The summed E-state index contributed by atoms with van der Waals surface area (Å²) in [5.74, 6) is 0.825. The number of rotatable bonds is 4. The fourth-order valence-electron chi connectivity index (χ4n) is 2.24. The van der Waals surface area contributed by atoms with E-state index in [4.69, 9.17) is 10.5 Å². The molecule has 3 aromatic rings.